The normalized spacial score (nSPS) is 11.3. The van der Waals surface area contributed by atoms with E-state index in [9.17, 15) is 0 Å². The third-order valence-electron chi connectivity index (χ3n) is 2.91. The number of aliphatic imine (C=N–C) groups is 1. The summed E-state index contributed by atoms with van der Waals surface area (Å²) in [5, 5.41) is 0. The molecule has 2 rings (SSSR count). The van der Waals surface area contributed by atoms with Gasteiger partial charge in [-0.1, -0.05) is 42.5 Å². The molecule has 2 N–H and O–H groups in total. The standard InChI is InChI=1S/C16H18N2O/c1-19-15-9-7-13(8-10-15)11-12-18-16(17)14-5-3-2-4-6-14/h2-10H,11-12H2,1H3,(H2,17,18). The molecule has 0 saturated heterocycles. The van der Waals surface area contributed by atoms with Crippen molar-refractivity contribution in [3.05, 3.63) is 65.7 Å². The van der Waals surface area contributed by atoms with Crippen molar-refractivity contribution in [2.45, 2.75) is 6.42 Å². The Labute approximate surface area is 113 Å². The average molecular weight is 254 g/mol. The van der Waals surface area contributed by atoms with E-state index in [1.54, 1.807) is 7.11 Å². The molecule has 0 unspecified atom stereocenters. The van der Waals surface area contributed by atoms with Crippen molar-refractivity contribution in [1.82, 2.24) is 0 Å². The van der Waals surface area contributed by atoms with E-state index in [1.165, 1.54) is 5.56 Å². The van der Waals surface area contributed by atoms with Gasteiger partial charge in [-0.2, -0.15) is 0 Å². The lowest BCUT2D eigenvalue weighted by molar-refractivity contribution is 0.414. The van der Waals surface area contributed by atoms with Gasteiger partial charge in [0.1, 0.15) is 11.6 Å². The van der Waals surface area contributed by atoms with Gasteiger partial charge in [0.05, 0.1) is 7.11 Å². The minimum absolute atomic E-state index is 0.592. The number of amidine groups is 1. The molecule has 0 radical (unpaired) electrons. The predicted octanol–water partition coefficient (Wildman–Crippen LogP) is 2.64. The minimum atomic E-state index is 0.592. The molecule has 0 heterocycles. The summed E-state index contributed by atoms with van der Waals surface area (Å²) in [6, 6.07) is 17.8. The van der Waals surface area contributed by atoms with Crippen LogP contribution in [0.2, 0.25) is 0 Å². The van der Waals surface area contributed by atoms with Gasteiger partial charge in [-0.3, -0.25) is 4.99 Å². The van der Waals surface area contributed by atoms with Crippen molar-refractivity contribution in [3.8, 4) is 5.75 Å². The van der Waals surface area contributed by atoms with Gasteiger partial charge >= 0.3 is 0 Å². The highest BCUT2D eigenvalue weighted by Gasteiger charge is 1.97. The predicted molar refractivity (Wildman–Crippen MR) is 78.7 cm³/mol. The van der Waals surface area contributed by atoms with Gasteiger partial charge in [-0.05, 0) is 24.1 Å². The number of hydrogen-bond acceptors (Lipinski definition) is 2. The van der Waals surface area contributed by atoms with E-state index in [4.69, 9.17) is 10.5 Å². The van der Waals surface area contributed by atoms with Crippen LogP contribution in [0.4, 0.5) is 0 Å². The highest BCUT2D eigenvalue weighted by molar-refractivity contribution is 5.97. The summed E-state index contributed by atoms with van der Waals surface area (Å²) in [5.41, 5.74) is 8.13. The van der Waals surface area contributed by atoms with Crippen LogP contribution in [0.3, 0.4) is 0 Å². The summed E-state index contributed by atoms with van der Waals surface area (Å²) in [6.07, 6.45) is 0.873. The molecule has 0 aliphatic heterocycles. The van der Waals surface area contributed by atoms with E-state index in [1.807, 2.05) is 54.6 Å². The van der Waals surface area contributed by atoms with E-state index in [-0.39, 0.29) is 0 Å². The van der Waals surface area contributed by atoms with Crippen LogP contribution < -0.4 is 10.5 Å². The van der Waals surface area contributed by atoms with E-state index in [0.29, 0.717) is 12.4 Å². The summed E-state index contributed by atoms with van der Waals surface area (Å²) in [4.78, 5) is 4.40. The van der Waals surface area contributed by atoms with Crippen molar-refractivity contribution in [3.63, 3.8) is 0 Å². The van der Waals surface area contributed by atoms with Crippen molar-refractivity contribution in [2.24, 2.45) is 10.7 Å². The molecule has 2 aromatic carbocycles. The fourth-order valence-electron chi connectivity index (χ4n) is 1.80. The van der Waals surface area contributed by atoms with E-state index >= 15 is 0 Å². The molecule has 0 aliphatic carbocycles. The first-order valence-electron chi connectivity index (χ1n) is 6.28. The second-order valence-electron chi connectivity index (χ2n) is 4.23. The molecule has 0 amide bonds. The molecular weight excluding hydrogens is 236 g/mol. The number of nitrogens with zero attached hydrogens (tertiary/aromatic N) is 1. The summed E-state index contributed by atoms with van der Waals surface area (Å²) >= 11 is 0. The van der Waals surface area contributed by atoms with Crippen LogP contribution >= 0.6 is 0 Å². The highest BCUT2D eigenvalue weighted by atomic mass is 16.5. The first-order valence-corrected chi connectivity index (χ1v) is 6.28. The van der Waals surface area contributed by atoms with Gasteiger partial charge in [0.25, 0.3) is 0 Å². The van der Waals surface area contributed by atoms with Gasteiger partial charge < -0.3 is 10.5 Å². The highest BCUT2D eigenvalue weighted by Crippen LogP contribution is 2.11. The zero-order valence-electron chi connectivity index (χ0n) is 11.0. The summed E-state index contributed by atoms with van der Waals surface area (Å²) in [6.45, 7) is 0.688. The fraction of sp³-hybridized carbons (Fsp3) is 0.188. The third-order valence-corrected chi connectivity index (χ3v) is 2.91. The van der Waals surface area contributed by atoms with Crippen LogP contribution in [-0.4, -0.2) is 19.5 Å². The summed E-state index contributed by atoms with van der Waals surface area (Å²) in [7, 11) is 1.67. The molecule has 3 nitrogen and oxygen atoms in total. The number of rotatable bonds is 5. The second-order valence-corrected chi connectivity index (χ2v) is 4.23. The molecule has 0 atom stereocenters. The Morgan fingerprint density at radius 2 is 1.74 bits per heavy atom. The third kappa shape index (κ3) is 3.85. The number of nitrogens with two attached hydrogens (primary N) is 1. The number of benzene rings is 2. The number of ether oxygens (including phenoxy) is 1. The van der Waals surface area contributed by atoms with Crippen LogP contribution in [0.25, 0.3) is 0 Å². The largest absolute Gasteiger partial charge is 0.497 e. The quantitative estimate of drug-likeness (QED) is 0.658. The first-order chi connectivity index (χ1) is 9.29. The van der Waals surface area contributed by atoms with Crippen molar-refractivity contribution < 1.29 is 4.74 Å². The average Bonchev–Trinajstić information content (AvgIpc) is 2.49. The topological polar surface area (TPSA) is 47.6 Å². The van der Waals surface area contributed by atoms with Gasteiger partial charge in [0.2, 0.25) is 0 Å². The number of methoxy groups -OCH3 is 1. The van der Waals surface area contributed by atoms with Crippen LogP contribution in [0.15, 0.2) is 59.6 Å². The fourth-order valence-corrected chi connectivity index (χ4v) is 1.80. The van der Waals surface area contributed by atoms with Gasteiger partial charge in [-0.25, -0.2) is 0 Å². The molecule has 0 spiro atoms. The number of hydrogen-bond donors (Lipinski definition) is 1. The van der Waals surface area contributed by atoms with Crippen molar-refractivity contribution >= 4 is 5.84 Å². The molecule has 0 fully saturated rings. The molecule has 3 heteroatoms. The summed E-state index contributed by atoms with van der Waals surface area (Å²) in [5.74, 6) is 1.46. The SMILES string of the molecule is COc1ccc(CCN=C(N)c2ccccc2)cc1. The lowest BCUT2D eigenvalue weighted by Crippen LogP contribution is -2.14. The van der Waals surface area contributed by atoms with Crippen molar-refractivity contribution in [1.29, 1.82) is 0 Å². The zero-order valence-corrected chi connectivity index (χ0v) is 11.0. The Bertz CT molecular complexity index is 532. The molecule has 19 heavy (non-hydrogen) atoms. The zero-order chi connectivity index (χ0) is 13.5. The molecule has 0 saturated carbocycles. The molecule has 0 aromatic heterocycles. The maximum atomic E-state index is 5.93. The van der Waals surface area contributed by atoms with Crippen molar-refractivity contribution in [2.75, 3.05) is 13.7 Å². The minimum Gasteiger partial charge on any atom is -0.497 e. The smallest absolute Gasteiger partial charge is 0.125 e. The molecular formula is C16H18N2O. The van der Waals surface area contributed by atoms with Crippen LogP contribution in [0, 0.1) is 0 Å². The Balaban J connectivity index is 1.92. The molecule has 98 valence electrons. The van der Waals surface area contributed by atoms with Crippen LogP contribution in [0.5, 0.6) is 5.75 Å². The Morgan fingerprint density at radius 1 is 1.05 bits per heavy atom. The van der Waals surface area contributed by atoms with E-state index < -0.39 is 0 Å². The monoisotopic (exact) mass is 254 g/mol. The van der Waals surface area contributed by atoms with E-state index in [0.717, 1.165) is 17.7 Å². The maximum Gasteiger partial charge on any atom is 0.125 e. The lowest BCUT2D eigenvalue weighted by Gasteiger charge is -2.03. The van der Waals surface area contributed by atoms with Crippen LogP contribution in [0.1, 0.15) is 11.1 Å². The molecule has 2 aromatic rings. The van der Waals surface area contributed by atoms with E-state index in [2.05, 4.69) is 4.99 Å². The lowest BCUT2D eigenvalue weighted by atomic mass is 10.1. The molecule has 0 aliphatic rings. The Kier molecular flexibility index (Phi) is 4.56. The Morgan fingerprint density at radius 3 is 2.37 bits per heavy atom. The molecule has 0 bridgehead atoms. The maximum absolute atomic E-state index is 5.93. The van der Waals surface area contributed by atoms with Gasteiger partial charge in [0.15, 0.2) is 0 Å². The summed E-state index contributed by atoms with van der Waals surface area (Å²) < 4.78 is 5.12. The Hall–Kier alpha value is -2.29. The van der Waals surface area contributed by atoms with Gasteiger partial charge in [0, 0.05) is 12.1 Å². The first kappa shape index (κ1) is 13.1. The van der Waals surface area contributed by atoms with Gasteiger partial charge in [-0.15, -0.1) is 0 Å². The second kappa shape index (κ2) is 6.59. The van der Waals surface area contributed by atoms with Crippen LogP contribution in [-0.2, 0) is 6.42 Å².